The normalized spacial score (nSPS) is 17.2. The molecule has 0 spiro atoms. The van der Waals surface area contributed by atoms with Gasteiger partial charge >= 0.3 is 0 Å². The Morgan fingerprint density at radius 2 is 2.04 bits per heavy atom. The summed E-state index contributed by atoms with van der Waals surface area (Å²) < 4.78 is 0. The molecule has 2 heterocycles. The summed E-state index contributed by atoms with van der Waals surface area (Å²) in [7, 11) is 0. The highest BCUT2D eigenvalue weighted by molar-refractivity contribution is 7.15. The van der Waals surface area contributed by atoms with E-state index in [0.717, 1.165) is 17.1 Å². The average molecular weight is 372 g/mol. The van der Waals surface area contributed by atoms with Gasteiger partial charge in [-0.25, -0.2) is 0 Å². The molecule has 0 saturated carbocycles. The maximum Gasteiger partial charge on any atom is 0.227 e. The molecule has 1 aliphatic heterocycles. The largest absolute Gasteiger partial charge is 0.312 e. The van der Waals surface area contributed by atoms with E-state index in [1.54, 1.807) is 0 Å². The molecule has 1 aromatic carbocycles. The molecule has 2 amide bonds. The number of benzene rings is 1. The molecule has 7 heteroatoms. The second-order valence-corrected chi connectivity index (χ2v) is 8.03. The van der Waals surface area contributed by atoms with Gasteiger partial charge in [0.2, 0.25) is 16.9 Å². The number of rotatable bonds is 6. The van der Waals surface area contributed by atoms with Gasteiger partial charge in [0, 0.05) is 31.0 Å². The van der Waals surface area contributed by atoms with Crippen molar-refractivity contribution in [1.82, 2.24) is 10.2 Å². The van der Waals surface area contributed by atoms with E-state index in [0.29, 0.717) is 30.4 Å². The molecule has 1 fully saturated rings. The third kappa shape index (κ3) is 4.27. The monoisotopic (exact) mass is 372 g/mol. The van der Waals surface area contributed by atoms with Crippen molar-refractivity contribution in [3.63, 3.8) is 0 Å². The number of carbonyl (C=O) groups is 2. The lowest BCUT2D eigenvalue weighted by Crippen LogP contribution is -2.24. The van der Waals surface area contributed by atoms with Crippen LogP contribution in [0, 0.1) is 5.92 Å². The molecule has 138 valence electrons. The second kappa shape index (κ2) is 7.95. The fraction of sp³-hybridized carbons (Fsp3) is 0.474. The van der Waals surface area contributed by atoms with Crippen LogP contribution in [-0.4, -0.2) is 28.6 Å². The van der Waals surface area contributed by atoms with Gasteiger partial charge in [-0.1, -0.05) is 44.2 Å². The van der Waals surface area contributed by atoms with Crippen molar-refractivity contribution in [2.24, 2.45) is 5.92 Å². The topological polar surface area (TPSA) is 75.2 Å². The van der Waals surface area contributed by atoms with Crippen LogP contribution in [0.25, 0.3) is 0 Å². The van der Waals surface area contributed by atoms with Crippen molar-refractivity contribution in [3.05, 3.63) is 34.8 Å². The van der Waals surface area contributed by atoms with Gasteiger partial charge in [0.1, 0.15) is 5.01 Å². The van der Waals surface area contributed by atoms with Gasteiger partial charge in [-0.15, -0.1) is 10.2 Å². The van der Waals surface area contributed by atoms with Crippen LogP contribution in [-0.2, 0) is 16.0 Å². The Kier molecular flexibility index (Phi) is 5.66. The van der Waals surface area contributed by atoms with Crippen molar-refractivity contribution >= 4 is 34.0 Å². The minimum Gasteiger partial charge on any atom is -0.312 e. The van der Waals surface area contributed by atoms with Crippen LogP contribution in [0.4, 0.5) is 10.8 Å². The first kappa shape index (κ1) is 18.5. The highest BCUT2D eigenvalue weighted by Gasteiger charge is 2.33. The molecule has 1 aliphatic rings. The minimum atomic E-state index is -0.0529. The standard InChI is InChI=1S/C19H24N4O2S/c1-4-13-5-7-15(8-6-13)23-11-14(10-17(23)25)18-21-22-19(26-18)20-16(24)9-12(2)3/h5-8,12,14H,4,9-11H2,1-3H3,(H,20,22,24)/t14-/m1/s1. The summed E-state index contributed by atoms with van der Waals surface area (Å²) >= 11 is 1.36. The summed E-state index contributed by atoms with van der Waals surface area (Å²) in [6.45, 7) is 6.70. The van der Waals surface area contributed by atoms with Crippen molar-refractivity contribution < 1.29 is 9.59 Å². The molecule has 26 heavy (non-hydrogen) atoms. The van der Waals surface area contributed by atoms with Crippen LogP contribution in [0.3, 0.4) is 0 Å². The van der Waals surface area contributed by atoms with E-state index in [-0.39, 0.29) is 17.7 Å². The first-order valence-electron chi connectivity index (χ1n) is 8.98. The van der Waals surface area contributed by atoms with Crippen LogP contribution in [0.5, 0.6) is 0 Å². The Labute approximate surface area is 157 Å². The van der Waals surface area contributed by atoms with Gasteiger partial charge in [0.05, 0.1) is 0 Å². The van der Waals surface area contributed by atoms with E-state index in [4.69, 9.17) is 0 Å². The van der Waals surface area contributed by atoms with Crippen LogP contribution in [0.2, 0.25) is 0 Å². The van der Waals surface area contributed by atoms with Crippen LogP contribution < -0.4 is 10.2 Å². The van der Waals surface area contributed by atoms with Gasteiger partial charge in [-0.05, 0) is 30.0 Å². The quantitative estimate of drug-likeness (QED) is 0.840. The molecular weight excluding hydrogens is 348 g/mol. The summed E-state index contributed by atoms with van der Waals surface area (Å²) in [6, 6.07) is 8.11. The second-order valence-electron chi connectivity index (χ2n) is 7.02. The molecule has 1 aromatic heterocycles. The number of aryl methyl sites for hydroxylation is 1. The van der Waals surface area contributed by atoms with E-state index in [9.17, 15) is 9.59 Å². The smallest absolute Gasteiger partial charge is 0.227 e. The predicted octanol–water partition coefficient (Wildman–Crippen LogP) is 3.61. The lowest BCUT2D eigenvalue weighted by Gasteiger charge is -2.16. The van der Waals surface area contributed by atoms with Gasteiger partial charge in [0.15, 0.2) is 0 Å². The highest BCUT2D eigenvalue weighted by atomic mass is 32.1. The summed E-state index contributed by atoms with van der Waals surface area (Å²) in [5.41, 5.74) is 2.17. The van der Waals surface area contributed by atoms with Gasteiger partial charge in [-0.3, -0.25) is 9.59 Å². The summed E-state index contributed by atoms with van der Waals surface area (Å²) in [4.78, 5) is 26.1. The third-order valence-electron chi connectivity index (χ3n) is 4.41. The Hall–Kier alpha value is -2.28. The minimum absolute atomic E-state index is 0.0154. The van der Waals surface area contributed by atoms with E-state index < -0.39 is 0 Å². The number of amides is 2. The Morgan fingerprint density at radius 3 is 2.69 bits per heavy atom. The molecule has 2 aromatic rings. The van der Waals surface area contributed by atoms with Crippen LogP contribution >= 0.6 is 11.3 Å². The average Bonchev–Trinajstić information content (AvgIpc) is 3.21. The fourth-order valence-corrected chi connectivity index (χ4v) is 3.88. The third-order valence-corrected chi connectivity index (χ3v) is 5.41. The molecule has 1 N–H and O–H groups in total. The molecule has 0 unspecified atom stereocenters. The lowest BCUT2D eigenvalue weighted by atomic mass is 10.1. The maximum absolute atomic E-state index is 12.4. The number of nitrogens with zero attached hydrogens (tertiary/aromatic N) is 3. The predicted molar refractivity (Wildman–Crippen MR) is 104 cm³/mol. The van der Waals surface area contributed by atoms with Crippen LogP contribution in [0.1, 0.15) is 50.1 Å². The number of hydrogen-bond acceptors (Lipinski definition) is 5. The van der Waals surface area contributed by atoms with Crippen molar-refractivity contribution in [1.29, 1.82) is 0 Å². The van der Waals surface area contributed by atoms with Crippen molar-refractivity contribution in [2.75, 3.05) is 16.8 Å². The van der Waals surface area contributed by atoms with E-state index in [1.807, 2.05) is 30.9 Å². The zero-order valence-electron chi connectivity index (χ0n) is 15.4. The Balaban J connectivity index is 1.66. The number of hydrogen-bond donors (Lipinski definition) is 1. The first-order valence-corrected chi connectivity index (χ1v) is 9.80. The SMILES string of the molecule is CCc1ccc(N2C[C@H](c3nnc(NC(=O)CC(C)C)s3)CC2=O)cc1. The molecule has 1 atom stereocenters. The van der Waals surface area contributed by atoms with E-state index in [2.05, 4.69) is 34.6 Å². The molecule has 0 bridgehead atoms. The van der Waals surface area contributed by atoms with Gasteiger partial charge in [-0.2, -0.15) is 0 Å². The van der Waals surface area contributed by atoms with Crippen molar-refractivity contribution in [2.45, 2.75) is 46.0 Å². The molecule has 6 nitrogen and oxygen atoms in total. The number of carbonyl (C=O) groups excluding carboxylic acids is 2. The molecule has 0 radical (unpaired) electrons. The van der Waals surface area contributed by atoms with Crippen LogP contribution in [0.15, 0.2) is 24.3 Å². The molecule has 3 rings (SSSR count). The summed E-state index contributed by atoms with van der Waals surface area (Å²) in [6.07, 6.45) is 1.86. The van der Waals surface area contributed by atoms with E-state index >= 15 is 0 Å². The molecule has 1 saturated heterocycles. The maximum atomic E-state index is 12.4. The van der Waals surface area contributed by atoms with Crippen molar-refractivity contribution in [3.8, 4) is 0 Å². The number of anilines is 2. The molecule has 0 aliphatic carbocycles. The number of aromatic nitrogens is 2. The Bertz CT molecular complexity index is 785. The zero-order chi connectivity index (χ0) is 18.7. The highest BCUT2D eigenvalue weighted by Crippen LogP contribution is 2.34. The zero-order valence-corrected chi connectivity index (χ0v) is 16.2. The lowest BCUT2D eigenvalue weighted by molar-refractivity contribution is -0.117. The summed E-state index contributed by atoms with van der Waals surface area (Å²) in [5, 5.41) is 12.3. The van der Waals surface area contributed by atoms with Gasteiger partial charge < -0.3 is 10.2 Å². The summed E-state index contributed by atoms with van der Waals surface area (Å²) in [5.74, 6) is 0.354. The first-order chi connectivity index (χ1) is 12.5. The Morgan fingerprint density at radius 1 is 1.31 bits per heavy atom. The molecular formula is C19H24N4O2S. The van der Waals surface area contributed by atoms with Gasteiger partial charge in [0.25, 0.3) is 0 Å². The number of nitrogens with one attached hydrogen (secondary N) is 1. The fourth-order valence-electron chi connectivity index (χ4n) is 3.03. The van der Waals surface area contributed by atoms with E-state index in [1.165, 1.54) is 16.9 Å².